The fourth-order valence-corrected chi connectivity index (χ4v) is 4.06. The first-order chi connectivity index (χ1) is 17.5. The molecule has 0 saturated carbocycles. The first-order valence-corrected chi connectivity index (χ1v) is 11.8. The van der Waals surface area contributed by atoms with E-state index < -0.39 is 17.2 Å². The van der Waals surface area contributed by atoms with Crippen molar-refractivity contribution >= 4 is 11.9 Å². The van der Waals surface area contributed by atoms with E-state index in [1.165, 1.54) is 13.0 Å². The van der Waals surface area contributed by atoms with E-state index in [1.54, 1.807) is 10.8 Å². The number of nitriles is 1. The van der Waals surface area contributed by atoms with Crippen molar-refractivity contribution in [1.29, 1.82) is 5.26 Å². The van der Waals surface area contributed by atoms with Crippen LogP contribution in [0.3, 0.4) is 0 Å². The predicted octanol–water partition coefficient (Wildman–Crippen LogP) is 5.28. The molecule has 180 valence electrons. The van der Waals surface area contributed by atoms with Crippen LogP contribution in [0.1, 0.15) is 46.8 Å². The van der Waals surface area contributed by atoms with Crippen LogP contribution in [-0.4, -0.2) is 25.2 Å². The molecule has 0 atom stereocenters. The first-order valence-electron chi connectivity index (χ1n) is 11.8. The van der Waals surface area contributed by atoms with Crippen LogP contribution in [0, 0.1) is 18.3 Å². The lowest BCUT2D eigenvalue weighted by molar-refractivity contribution is 0.104. The first kappa shape index (κ1) is 24.4. The Morgan fingerprint density at radius 3 is 2.42 bits per heavy atom. The molecule has 2 aromatic heterocycles. The Kier molecular flexibility index (Phi) is 7.26. The van der Waals surface area contributed by atoms with Crippen molar-refractivity contribution in [2.45, 2.75) is 33.2 Å². The molecule has 0 radical (unpaired) electrons. The van der Waals surface area contributed by atoms with E-state index in [9.17, 15) is 20.0 Å². The van der Waals surface area contributed by atoms with Crippen molar-refractivity contribution in [1.82, 2.24) is 14.3 Å². The molecule has 2 aromatic carbocycles. The van der Waals surface area contributed by atoms with Crippen molar-refractivity contribution in [3.63, 3.8) is 0 Å². The maximum atomic E-state index is 13.3. The molecule has 4 aromatic rings. The fraction of sp³-hybridized carbons (Fsp3) is 0.172. The van der Waals surface area contributed by atoms with Gasteiger partial charge in [-0.1, -0.05) is 61.9 Å². The monoisotopic (exact) mass is 478 g/mol. The lowest BCUT2D eigenvalue weighted by Gasteiger charge is -2.14. The average molecular weight is 479 g/mol. The molecule has 0 unspecified atom stereocenters. The highest BCUT2D eigenvalue weighted by Gasteiger charge is 2.22. The highest BCUT2D eigenvalue weighted by atomic mass is 16.3. The second-order valence-corrected chi connectivity index (χ2v) is 8.40. The van der Waals surface area contributed by atoms with E-state index in [2.05, 4.69) is 0 Å². The van der Waals surface area contributed by atoms with Gasteiger partial charge in [-0.3, -0.25) is 14.2 Å². The molecule has 0 amide bonds. The number of benzene rings is 2. The summed E-state index contributed by atoms with van der Waals surface area (Å²) in [5, 5.41) is 25.1. The number of hydrogen-bond acceptors (Lipinski definition) is 5. The maximum absolute atomic E-state index is 13.3. The van der Waals surface area contributed by atoms with Crippen molar-refractivity contribution in [3.05, 3.63) is 106 Å². The molecule has 0 bridgehead atoms. The molecular weight excluding hydrogens is 452 g/mol. The Morgan fingerprint density at radius 1 is 1.11 bits per heavy atom. The fourth-order valence-electron chi connectivity index (χ4n) is 4.06. The van der Waals surface area contributed by atoms with Crippen LogP contribution in [0.25, 0.3) is 23.0 Å². The van der Waals surface area contributed by atoms with Crippen molar-refractivity contribution < 1.29 is 9.90 Å². The topological polar surface area (TPSA) is 101 Å². The van der Waals surface area contributed by atoms with Gasteiger partial charge in [-0.25, -0.2) is 4.68 Å². The zero-order valence-electron chi connectivity index (χ0n) is 20.2. The number of pyridine rings is 1. The van der Waals surface area contributed by atoms with E-state index >= 15 is 0 Å². The SMILES string of the molecule is CCCCn1c(O)c(C(=O)/C=C/c2cn(-c3ccccc3)nc2-c2ccccc2)c(C)c(C#N)c1=O. The van der Waals surface area contributed by atoms with Crippen LogP contribution in [0.4, 0.5) is 0 Å². The van der Waals surface area contributed by atoms with E-state index in [4.69, 9.17) is 5.10 Å². The Balaban J connectivity index is 1.79. The minimum Gasteiger partial charge on any atom is -0.494 e. The third kappa shape index (κ3) is 4.75. The van der Waals surface area contributed by atoms with Gasteiger partial charge in [0.15, 0.2) is 5.78 Å². The maximum Gasteiger partial charge on any atom is 0.271 e. The number of aromatic nitrogens is 3. The molecule has 4 rings (SSSR count). The van der Waals surface area contributed by atoms with Gasteiger partial charge in [0.1, 0.15) is 11.6 Å². The van der Waals surface area contributed by atoms with Crippen LogP contribution in [0.2, 0.25) is 0 Å². The molecule has 0 saturated heterocycles. The third-order valence-corrected chi connectivity index (χ3v) is 6.01. The van der Waals surface area contributed by atoms with Gasteiger partial charge in [-0.05, 0) is 43.2 Å². The van der Waals surface area contributed by atoms with Crippen molar-refractivity contribution in [2.24, 2.45) is 0 Å². The Labute approximate surface area is 209 Å². The summed E-state index contributed by atoms with van der Waals surface area (Å²) in [6.07, 6.45) is 6.24. The molecule has 0 aliphatic rings. The second kappa shape index (κ2) is 10.7. The summed E-state index contributed by atoms with van der Waals surface area (Å²) < 4.78 is 2.85. The van der Waals surface area contributed by atoms with Crippen LogP contribution in [0.15, 0.2) is 77.7 Å². The zero-order chi connectivity index (χ0) is 25.7. The highest BCUT2D eigenvalue weighted by Crippen LogP contribution is 2.27. The Bertz CT molecular complexity index is 1520. The molecular formula is C29H26N4O3. The quantitative estimate of drug-likeness (QED) is 0.274. The summed E-state index contributed by atoms with van der Waals surface area (Å²) >= 11 is 0. The number of unbranched alkanes of at least 4 members (excludes halogenated alkanes) is 1. The van der Waals surface area contributed by atoms with Gasteiger partial charge in [-0.2, -0.15) is 10.4 Å². The number of para-hydroxylation sites is 1. The van der Waals surface area contributed by atoms with Gasteiger partial charge in [0.25, 0.3) is 5.56 Å². The minimum absolute atomic E-state index is 0.0461. The summed E-state index contributed by atoms with van der Waals surface area (Å²) in [7, 11) is 0. The number of ketones is 1. The number of carbonyl (C=O) groups excluding carboxylic acids is 1. The largest absolute Gasteiger partial charge is 0.494 e. The molecule has 36 heavy (non-hydrogen) atoms. The van der Waals surface area contributed by atoms with Gasteiger partial charge in [0.2, 0.25) is 5.88 Å². The lowest BCUT2D eigenvalue weighted by Crippen LogP contribution is -2.26. The van der Waals surface area contributed by atoms with Crippen molar-refractivity contribution in [3.8, 4) is 28.9 Å². The number of aromatic hydroxyl groups is 1. The highest BCUT2D eigenvalue weighted by molar-refractivity contribution is 6.09. The summed E-state index contributed by atoms with van der Waals surface area (Å²) in [4.78, 5) is 26.0. The standard InChI is InChI=1S/C29H26N4O3/c1-3-4-17-32-28(35)24(18-30)20(2)26(29(32)36)25(34)16-15-22-19-33(23-13-9-6-10-14-23)31-27(22)21-11-7-5-8-12-21/h5-16,19,36H,3-4,17H2,1-2H3/b16-15+. The molecule has 0 spiro atoms. The van der Waals surface area contributed by atoms with Crippen molar-refractivity contribution in [2.75, 3.05) is 0 Å². The molecule has 0 aliphatic heterocycles. The summed E-state index contributed by atoms with van der Waals surface area (Å²) in [5.74, 6) is -0.916. The zero-order valence-corrected chi connectivity index (χ0v) is 20.2. The summed E-state index contributed by atoms with van der Waals surface area (Å²) in [6.45, 7) is 3.69. The number of nitrogens with zero attached hydrogens (tertiary/aromatic N) is 4. The normalized spacial score (nSPS) is 11.0. The summed E-state index contributed by atoms with van der Waals surface area (Å²) in [6, 6.07) is 21.2. The van der Waals surface area contributed by atoms with E-state index in [0.717, 1.165) is 22.2 Å². The molecule has 7 nitrogen and oxygen atoms in total. The van der Waals surface area contributed by atoms with Crippen LogP contribution < -0.4 is 5.56 Å². The molecule has 0 aliphatic carbocycles. The Morgan fingerprint density at radius 2 is 1.78 bits per heavy atom. The number of allylic oxidation sites excluding steroid dienone is 1. The third-order valence-electron chi connectivity index (χ3n) is 6.01. The van der Waals surface area contributed by atoms with Gasteiger partial charge in [-0.15, -0.1) is 0 Å². The van der Waals surface area contributed by atoms with E-state index in [1.807, 2.05) is 79.9 Å². The van der Waals surface area contributed by atoms with Gasteiger partial charge in [0.05, 0.1) is 16.9 Å². The van der Waals surface area contributed by atoms with Gasteiger partial charge >= 0.3 is 0 Å². The van der Waals surface area contributed by atoms with Crippen LogP contribution >= 0.6 is 0 Å². The number of hydrogen-bond donors (Lipinski definition) is 1. The number of carbonyl (C=O) groups is 1. The Hall–Kier alpha value is -4.70. The predicted molar refractivity (Wildman–Crippen MR) is 139 cm³/mol. The van der Waals surface area contributed by atoms with Crippen LogP contribution in [0.5, 0.6) is 5.88 Å². The minimum atomic E-state index is -0.586. The second-order valence-electron chi connectivity index (χ2n) is 8.40. The lowest BCUT2D eigenvalue weighted by atomic mass is 10.0. The average Bonchev–Trinajstić information content (AvgIpc) is 3.33. The molecule has 2 heterocycles. The molecule has 0 fully saturated rings. The van der Waals surface area contributed by atoms with E-state index in [0.29, 0.717) is 17.7 Å². The van der Waals surface area contributed by atoms with Crippen LogP contribution in [-0.2, 0) is 6.54 Å². The summed E-state index contributed by atoms with van der Waals surface area (Å²) in [5.41, 5.74) is 2.56. The molecule has 7 heteroatoms. The smallest absolute Gasteiger partial charge is 0.271 e. The van der Waals surface area contributed by atoms with Gasteiger partial charge < -0.3 is 5.11 Å². The number of rotatable bonds is 8. The van der Waals surface area contributed by atoms with E-state index in [-0.39, 0.29) is 23.2 Å². The van der Waals surface area contributed by atoms with Gasteiger partial charge in [0, 0.05) is 23.9 Å². The molecule has 1 N–H and O–H groups in total.